The molecule has 0 aliphatic heterocycles. The number of unbranched alkanes of at least 4 members (excludes halogenated alkanes) is 2. The molecule has 0 nitrogen and oxygen atoms in total. The second kappa shape index (κ2) is 8.51. The third kappa shape index (κ3) is 4.29. The molecule has 0 radical (unpaired) electrons. The van der Waals surface area contributed by atoms with Gasteiger partial charge in [0.05, 0.1) is 0 Å². The zero-order valence-electron chi connectivity index (χ0n) is 15.4. The molecule has 0 unspecified atom stereocenters. The molecular weight excluding hydrogens is 288 g/mol. The predicted octanol–water partition coefficient (Wildman–Crippen LogP) is 7.42. The lowest BCUT2D eigenvalue weighted by molar-refractivity contribution is 0.376. The molecule has 0 bridgehead atoms. The van der Waals surface area contributed by atoms with Crippen molar-refractivity contribution in [3.05, 3.63) is 59.7 Å². The van der Waals surface area contributed by atoms with Crippen LogP contribution in [0.3, 0.4) is 0 Å². The van der Waals surface area contributed by atoms with Crippen molar-refractivity contribution in [3.63, 3.8) is 0 Å². The van der Waals surface area contributed by atoms with Crippen molar-refractivity contribution >= 4 is 10.8 Å². The summed E-state index contributed by atoms with van der Waals surface area (Å²) >= 11 is 0. The molecule has 0 spiro atoms. The van der Waals surface area contributed by atoms with Crippen LogP contribution in [-0.4, -0.2) is 0 Å². The Morgan fingerprint density at radius 2 is 1.67 bits per heavy atom. The minimum Gasteiger partial charge on any atom is -0.0914 e. The van der Waals surface area contributed by atoms with Crippen molar-refractivity contribution in [2.45, 2.75) is 71.1 Å². The molecular formula is C24H32. The van der Waals surface area contributed by atoms with E-state index in [4.69, 9.17) is 0 Å². The normalized spacial score (nSPS) is 21.6. The maximum atomic E-state index is 2.45. The molecule has 0 heterocycles. The minimum absolute atomic E-state index is 0.764. The molecule has 128 valence electrons. The molecule has 0 aromatic heterocycles. The van der Waals surface area contributed by atoms with Gasteiger partial charge in [-0.3, -0.25) is 0 Å². The first-order valence-electron chi connectivity index (χ1n) is 9.95. The number of hydrogen-bond donors (Lipinski definition) is 0. The fourth-order valence-corrected chi connectivity index (χ4v) is 4.22. The van der Waals surface area contributed by atoms with Gasteiger partial charge in [-0.15, -0.1) is 0 Å². The van der Waals surface area contributed by atoms with Crippen LogP contribution in [0.1, 0.15) is 75.8 Å². The molecule has 0 N–H and O–H groups in total. The molecule has 1 saturated carbocycles. The van der Waals surface area contributed by atoms with E-state index >= 15 is 0 Å². The number of benzene rings is 2. The Balaban J connectivity index is 1.69. The summed E-state index contributed by atoms with van der Waals surface area (Å²) in [6.07, 6.45) is 15.2. The highest BCUT2D eigenvalue weighted by Crippen LogP contribution is 2.37. The maximum absolute atomic E-state index is 2.45. The Morgan fingerprint density at radius 1 is 0.917 bits per heavy atom. The van der Waals surface area contributed by atoms with Crippen molar-refractivity contribution in [2.24, 2.45) is 5.92 Å². The van der Waals surface area contributed by atoms with Crippen LogP contribution in [-0.2, 0) is 6.42 Å². The van der Waals surface area contributed by atoms with Crippen LogP contribution < -0.4 is 0 Å². The van der Waals surface area contributed by atoms with Crippen LogP contribution in [0, 0.1) is 5.92 Å². The fraction of sp³-hybridized carbons (Fsp3) is 0.500. The SMILES string of the molecule is C/C=C/C1CCC(c2ccc3cc(CCCCC)ccc3c2)CC1. The monoisotopic (exact) mass is 320 g/mol. The molecule has 1 aliphatic rings. The summed E-state index contributed by atoms with van der Waals surface area (Å²) < 4.78 is 0. The van der Waals surface area contributed by atoms with Gasteiger partial charge in [0.2, 0.25) is 0 Å². The molecule has 2 aromatic carbocycles. The van der Waals surface area contributed by atoms with Gasteiger partial charge in [0.1, 0.15) is 0 Å². The fourth-order valence-electron chi connectivity index (χ4n) is 4.22. The van der Waals surface area contributed by atoms with Crippen molar-refractivity contribution in [1.29, 1.82) is 0 Å². The average molecular weight is 321 g/mol. The van der Waals surface area contributed by atoms with E-state index < -0.39 is 0 Å². The van der Waals surface area contributed by atoms with Crippen LogP contribution in [0.2, 0.25) is 0 Å². The lowest BCUT2D eigenvalue weighted by Gasteiger charge is -2.27. The van der Waals surface area contributed by atoms with E-state index in [0.717, 1.165) is 11.8 Å². The molecule has 0 amide bonds. The average Bonchev–Trinajstić information content (AvgIpc) is 2.62. The second-order valence-corrected chi connectivity index (χ2v) is 7.54. The maximum Gasteiger partial charge on any atom is -0.0161 e. The Kier molecular flexibility index (Phi) is 6.12. The molecule has 1 aliphatic carbocycles. The number of rotatable bonds is 6. The van der Waals surface area contributed by atoms with E-state index in [2.05, 4.69) is 62.4 Å². The summed E-state index contributed by atoms with van der Waals surface area (Å²) in [5.74, 6) is 1.58. The van der Waals surface area contributed by atoms with Crippen LogP contribution in [0.4, 0.5) is 0 Å². The first-order chi connectivity index (χ1) is 11.8. The molecule has 0 saturated heterocycles. The number of fused-ring (bicyclic) bond motifs is 1. The summed E-state index contributed by atoms with van der Waals surface area (Å²) in [6, 6.07) is 14.3. The molecule has 24 heavy (non-hydrogen) atoms. The van der Waals surface area contributed by atoms with E-state index in [9.17, 15) is 0 Å². The van der Waals surface area contributed by atoms with E-state index in [1.165, 1.54) is 67.7 Å². The summed E-state index contributed by atoms with van der Waals surface area (Å²) in [7, 11) is 0. The summed E-state index contributed by atoms with van der Waals surface area (Å²) in [5.41, 5.74) is 3.05. The Bertz CT molecular complexity index is 671. The molecule has 2 aromatic rings. The molecule has 3 rings (SSSR count). The number of aryl methyl sites for hydroxylation is 1. The van der Waals surface area contributed by atoms with Gasteiger partial charge in [-0.25, -0.2) is 0 Å². The largest absolute Gasteiger partial charge is 0.0914 e. The smallest absolute Gasteiger partial charge is 0.0161 e. The first kappa shape index (κ1) is 17.3. The third-order valence-corrected chi connectivity index (χ3v) is 5.71. The second-order valence-electron chi connectivity index (χ2n) is 7.54. The number of hydrogen-bond acceptors (Lipinski definition) is 0. The third-order valence-electron chi connectivity index (χ3n) is 5.71. The zero-order valence-corrected chi connectivity index (χ0v) is 15.4. The highest BCUT2D eigenvalue weighted by Gasteiger charge is 2.20. The highest BCUT2D eigenvalue weighted by atomic mass is 14.3. The predicted molar refractivity (Wildman–Crippen MR) is 107 cm³/mol. The zero-order chi connectivity index (χ0) is 16.8. The van der Waals surface area contributed by atoms with Gasteiger partial charge < -0.3 is 0 Å². The molecule has 1 fully saturated rings. The van der Waals surface area contributed by atoms with Crippen molar-refractivity contribution < 1.29 is 0 Å². The van der Waals surface area contributed by atoms with Gasteiger partial charge in [0, 0.05) is 0 Å². The summed E-state index contributed by atoms with van der Waals surface area (Å²) in [5, 5.41) is 2.83. The Morgan fingerprint density at radius 3 is 2.42 bits per heavy atom. The van der Waals surface area contributed by atoms with Gasteiger partial charge in [-0.2, -0.15) is 0 Å². The van der Waals surface area contributed by atoms with Crippen LogP contribution in [0.25, 0.3) is 10.8 Å². The van der Waals surface area contributed by atoms with Crippen molar-refractivity contribution in [2.75, 3.05) is 0 Å². The van der Waals surface area contributed by atoms with Gasteiger partial charge in [-0.1, -0.05) is 68.3 Å². The van der Waals surface area contributed by atoms with Crippen LogP contribution >= 0.6 is 0 Å². The standard InChI is InChI=1S/C24H32/c1-3-5-6-8-20-11-14-24-18-23(16-15-22(24)17-20)21-12-9-19(7-4-2)10-13-21/h4,7,11,14-19,21H,3,5-6,8-10,12-13H2,1-2H3/b7-4+. The van der Waals surface area contributed by atoms with E-state index in [-0.39, 0.29) is 0 Å². The van der Waals surface area contributed by atoms with Gasteiger partial charge in [0.25, 0.3) is 0 Å². The van der Waals surface area contributed by atoms with Gasteiger partial charge in [-0.05, 0) is 79.2 Å². The van der Waals surface area contributed by atoms with E-state index in [1.807, 2.05) is 0 Å². The van der Waals surface area contributed by atoms with Crippen LogP contribution in [0.5, 0.6) is 0 Å². The van der Waals surface area contributed by atoms with E-state index in [1.54, 1.807) is 5.56 Å². The Labute approximate surface area is 148 Å². The van der Waals surface area contributed by atoms with E-state index in [0.29, 0.717) is 0 Å². The quantitative estimate of drug-likeness (QED) is 0.383. The summed E-state index contributed by atoms with van der Waals surface area (Å²) in [4.78, 5) is 0. The topological polar surface area (TPSA) is 0 Å². The lowest BCUT2D eigenvalue weighted by atomic mass is 9.78. The minimum atomic E-state index is 0.764. The lowest BCUT2D eigenvalue weighted by Crippen LogP contribution is -2.11. The van der Waals surface area contributed by atoms with Crippen LogP contribution in [0.15, 0.2) is 48.6 Å². The van der Waals surface area contributed by atoms with Crippen molar-refractivity contribution in [3.8, 4) is 0 Å². The number of allylic oxidation sites excluding steroid dienone is 2. The molecule has 0 atom stereocenters. The van der Waals surface area contributed by atoms with Crippen molar-refractivity contribution in [1.82, 2.24) is 0 Å². The van der Waals surface area contributed by atoms with Gasteiger partial charge >= 0.3 is 0 Å². The summed E-state index contributed by atoms with van der Waals surface area (Å²) in [6.45, 7) is 4.42. The first-order valence-corrected chi connectivity index (χ1v) is 9.95. The molecule has 0 heteroatoms. The highest BCUT2D eigenvalue weighted by molar-refractivity contribution is 5.84. The van der Waals surface area contributed by atoms with Gasteiger partial charge in [0.15, 0.2) is 0 Å². The Hall–Kier alpha value is -1.56.